The molecule has 0 radical (unpaired) electrons. The number of nitro benzene ring substituents is 1. The Morgan fingerprint density at radius 1 is 1.06 bits per heavy atom. The van der Waals surface area contributed by atoms with Gasteiger partial charge >= 0.3 is 10.1 Å². The molecule has 0 saturated heterocycles. The van der Waals surface area contributed by atoms with Crippen LogP contribution in [-0.2, 0) is 10.1 Å². The van der Waals surface area contributed by atoms with E-state index in [9.17, 15) is 23.3 Å². The summed E-state index contributed by atoms with van der Waals surface area (Å²) < 4.78 is 30.0. The number of benzene rings is 3. The molecule has 3 rings (SSSR count). The molecule has 0 atom stereocenters. The number of rotatable bonds is 7. The lowest BCUT2D eigenvalue weighted by Crippen LogP contribution is -2.17. The molecule has 0 fully saturated rings. The Bertz CT molecular complexity index is 1240. The zero-order chi connectivity index (χ0) is 22.4. The molecule has 9 nitrogen and oxygen atoms in total. The predicted octanol–water partition coefficient (Wildman–Crippen LogP) is 3.43. The third-order valence-corrected chi connectivity index (χ3v) is 5.36. The highest BCUT2D eigenvalue weighted by Crippen LogP contribution is 2.20. The van der Waals surface area contributed by atoms with Crippen LogP contribution in [0, 0.1) is 17.0 Å². The molecule has 0 aliphatic rings. The van der Waals surface area contributed by atoms with Crippen molar-refractivity contribution in [1.82, 2.24) is 5.43 Å². The number of nitrogens with one attached hydrogen (secondary N) is 1. The molecule has 0 aromatic heterocycles. The smallest absolute Gasteiger partial charge is 0.339 e. The number of nitrogens with zero attached hydrogens (tertiary/aromatic N) is 2. The molecule has 0 bridgehead atoms. The number of nitro groups is 1. The summed E-state index contributed by atoms with van der Waals surface area (Å²) in [6.07, 6.45) is 1.31. The second-order valence-electron chi connectivity index (χ2n) is 6.43. The van der Waals surface area contributed by atoms with Crippen LogP contribution in [-0.4, -0.2) is 25.5 Å². The predicted molar refractivity (Wildman–Crippen MR) is 114 cm³/mol. The highest BCUT2D eigenvalue weighted by molar-refractivity contribution is 7.87. The van der Waals surface area contributed by atoms with Crippen LogP contribution >= 0.6 is 0 Å². The fourth-order valence-electron chi connectivity index (χ4n) is 2.49. The molecule has 31 heavy (non-hydrogen) atoms. The number of carbonyl (C=O) groups excluding carboxylic acids is 1. The van der Waals surface area contributed by atoms with E-state index in [4.69, 9.17) is 4.18 Å². The van der Waals surface area contributed by atoms with Crippen LogP contribution in [0.15, 0.2) is 82.8 Å². The van der Waals surface area contributed by atoms with Gasteiger partial charge in [0.1, 0.15) is 10.6 Å². The fraction of sp³-hybridized carbons (Fsp3) is 0.0476. The van der Waals surface area contributed by atoms with E-state index >= 15 is 0 Å². The van der Waals surface area contributed by atoms with Crippen molar-refractivity contribution in [3.05, 3.63) is 99.6 Å². The molecule has 0 saturated carbocycles. The van der Waals surface area contributed by atoms with Gasteiger partial charge < -0.3 is 4.18 Å². The number of hydrogen-bond acceptors (Lipinski definition) is 7. The Morgan fingerprint density at radius 2 is 1.74 bits per heavy atom. The minimum atomic E-state index is -3.99. The number of non-ortho nitro benzene ring substituents is 1. The molecule has 0 heterocycles. The van der Waals surface area contributed by atoms with Gasteiger partial charge in [-0.1, -0.05) is 29.8 Å². The number of hydrazone groups is 1. The Balaban J connectivity index is 1.66. The van der Waals surface area contributed by atoms with Crippen molar-refractivity contribution in [2.75, 3.05) is 0 Å². The lowest BCUT2D eigenvalue weighted by molar-refractivity contribution is -0.384. The molecule has 3 aromatic rings. The Kier molecular flexibility index (Phi) is 6.41. The van der Waals surface area contributed by atoms with Gasteiger partial charge in [-0.05, 0) is 48.9 Å². The molecule has 158 valence electrons. The van der Waals surface area contributed by atoms with Crippen LogP contribution in [0.2, 0.25) is 0 Å². The fourth-order valence-corrected chi connectivity index (χ4v) is 3.41. The first kappa shape index (κ1) is 21.7. The average Bonchev–Trinajstić information content (AvgIpc) is 2.74. The van der Waals surface area contributed by atoms with Gasteiger partial charge in [0.15, 0.2) is 0 Å². The van der Waals surface area contributed by atoms with E-state index < -0.39 is 20.9 Å². The van der Waals surface area contributed by atoms with Crippen molar-refractivity contribution in [2.45, 2.75) is 11.8 Å². The van der Waals surface area contributed by atoms with E-state index in [1.807, 2.05) is 6.92 Å². The van der Waals surface area contributed by atoms with Crippen LogP contribution in [0.25, 0.3) is 0 Å². The molecule has 0 aliphatic carbocycles. The third-order valence-electron chi connectivity index (χ3n) is 4.09. The second kappa shape index (κ2) is 9.18. The maximum atomic E-state index is 12.4. The average molecular weight is 439 g/mol. The summed E-state index contributed by atoms with van der Waals surface area (Å²) in [6, 6.07) is 17.5. The zero-order valence-electron chi connectivity index (χ0n) is 16.3. The second-order valence-corrected chi connectivity index (χ2v) is 7.97. The normalized spacial score (nSPS) is 11.3. The van der Waals surface area contributed by atoms with Gasteiger partial charge in [-0.25, -0.2) is 5.43 Å². The molecule has 0 spiro atoms. The topological polar surface area (TPSA) is 128 Å². The van der Waals surface area contributed by atoms with Crippen LogP contribution in [0.5, 0.6) is 5.75 Å². The van der Waals surface area contributed by atoms with E-state index in [-0.39, 0.29) is 21.9 Å². The van der Waals surface area contributed by atoms with E-state index in [1.54, 1.807) is 24.3 Å². The summed E-state index contributed by atoms with van der Waals surface area (Å²) in [5.74, 6) is -0.466. The number of hydrogen-bond donors (Lipinski definition) is 1. The first-order chi connectivity index (χ1) is 14.7. The number of amides is 1. The van der Waals surface area contributed by atoms with Crippen LogP contribution in [0.4, 0.5) is 5.69 Å². The summed E-state index contributed by atoms with van der Waals surface area (Å²) >= 11 is 0. The van der Waals surface area contributed by atoms with Crippen molar-refractivity contribution < 1.29 is 22.3 Å². The van der Waals surface area contributed by atoms with Gasteiger partial charge in [0.25, 0.3) is 11.6 Å². The number of aryl methyl sites for hydroxylation is 1. The molecular weight excluding hydrogens is 422 g/mol. The van der Waals surface area contributed by atoms with Gasteiger partial charge in [0.05, 0.1) is 11.1 Å². The lowest BCUT2D eigenvalue weighted by atomic mass is 10.2. The standard InChI is InChI=1S/C21H17N3O6S/c1-15-5-11-20(12-6-15)31(28,29)30-19-4-2-3-16(13-19)14-22-23-21(25)17-7-9-18(10-8-17)24(26)27/h2-14H,1H3,(H,23,25)/b22-14-. The van der Waals surface area contributed by atoms with Gasteiger partial charge in [-0.2, -0.15) is 13.5 Å². The Morgan fingerprint density at radius 3 is 2.39 bits per heavy atom. The van der Waals surface area contributed by atoms with Crippen molar-refractivity contribution in [3.63, 3.8) is 0 Å². The van der Waals surface area contributed by atoms with E-state index in [2.05, 4.69) is 10.5 Å². The quantitative estimate of drug-likeness (QED) is 0.260. The molecule has 1 amide bonds. The van der Waals surface area contributed by atoms with E-state index in [1.165, 1.54) is 54.7 Å². The summed E-state index contributed by atoms with van der Waals surface area (Å²) in [5.41, 5.74) is 3.78. The van der Waals surface area contributed by atoms with Gasteiger partial charge in [-0.3, -0.25) is 14.9 Å². The lowest BCUT2D eigenvalue weighted by Gasteiger charge is -2.07. The van der Waals surface area contributed by atoms with Gasteiger partial charge in [0.2, 0.25) is 0 Å². The van der Waals surface area contributed by atoms with Crippen LogP contribution in [0.3, 0.4) is 0 Å². The van der Waals surface area contributed by atoms with Gasteiger partial charge in [0, 0.05) is 17.7 Å². The Labute approximate surface area is 178 Å². The van der Waals surface area contributed by atoms with Crippen LogP contribution in [0.1, 0.15) is 21.5 Å². The first-order valence-corrected chi connectivity index (χ1v) is 10.3. The minimum Gasteiger partial charge on any atom is -0.379 e. The SMILES string of the molecule is Cc1ccc(S(=O)(=O)Oc2cccc(/C=N\NC(=O)c3ccc([N+](=O)[O-])cc3)c2)cc1. The molecular formula is C21H17N3O6S. The molecule has 3 aromatic carbocycles. The highest BCUT2D eigenvalue weighted by Gasteiger charge is 2.16. The van der Waals surface area contributed by atoms with E-state index in [0.717, 1.165) is 5.56 Å². The molecule has 0 unspecified atom stereocenters. The Hall–Kier alpha value is -4.05. The monoisotopic (exact) mass is 439 g/mol. The largest absolute Gasteiger partial charge is 0.379 e. The van der Waals surface area contributed by atoms with Crippen molar-refractivity contribution >= 4 is 27.9 Å². The van der Waals surface area contributed by atoms with Crippen molar-refractivity contribution in [1.29, 1.82) is 0 Å². The summed E-state index contributed by atoms with van der Waals surface area (Å²) in [7, 11) is -3.99. The maximum Gasteiger partial charge on any atom is 0.339 e. The zero-order valence-corrected chi connectivity index (χ0v) is 17.1. The van der Waals surface area contributed by atoms with Crippen molar-refractivity contribution in [2.24, 2.45) is 5.10 Å². The molecule has 0 aliphatic heterocycles. The molecule has 10 heteroatoms. The van der Waals surface area contributed by atoms with Crippen molar-refractivity contribution in [3.8, 4) is 5.75 Å². The van der Waals surface area contributed by atoms with Gasteiger partial charge in [-0.15, -0.1) is 0 Å². The molecule has 1 N–H and O–H groups in total. The maximum absolute atomic E-state index is 12.4. The van der Waals surface area contributed by atoms with E-state index in [0.29, 0.717) is 5.56 Å². The van der Waals surface area contributed by atoms with Crippen LogP contribution < -0.4 is 9.61 Å². The summed E-state index contributed by atoms with van der Waals surface area (Å²) in [6.45, 7) is 1.85. The minimum absolute atomic E-state index is 0.0348. The summed E-state index contributed by atoms with van der Waals surface area (Å²) in [5, 5.41) is 14.5. The number of carbonyl (C=O) groups is 1. The highest BCUT2D eigenvalue weighted by atomic mass is 32.2. The first-order valence-electron chi connectivity index (χ1n) is 8.94. The summed E-state index contributed by atoms with van der Waals surface area (Å²) in [4.78, 5) is 22.2. The third kappa shape index (κ3) is 5.73.